The van der Waals surface area contributed by atoms with Gasteiger partial charge in [0.05, 0.1) is 0 Å². The Hall–Kier alpha value is -0.380. The summed E-state index contributed by atoms with van der Waals surface area (Å²) in [7, 11) is 0. The van der Waals surface area contributed by atoms with Gasteiger partial charge in [0.25, 0.3) is 0 Å². The summed E-state index contributed by atoms with van der Waals surface area (Å²) in [4.78, 5) is 2.69. The number of likely N-dealkylation sites (tertiary alicyclic amines) is 1. The van der Waals surface area contributed by atoms with Crippen molar-refractivity contribution in [1.29, 1.82) is 0 Å². The lowest BCUT2D eigenvalue weighted by Gasteiger charge is -2.27. The van der Waals surface area contributed by atoms with E-state index in [0.29, 0.717) is 6.04 Å². The zero-order valence-electron chi connectivity index (χ0n) is 11.6. The van der Waals surface area contributed by atoms with Gasteiger partial charge >= 0.3 is 0 Å². The molecular weight excluding hydrogens is 300 g/mol. The fraction of sp³-hybridized carbons (Fsp3) is 0.625. The average Bonchev–Trinajstić information content (AvgIpc) is 2.83. The summed E-state index contributed by atoms with van der Waals surface area (Å²) in [5.41, 5.74) is 1.45. The summed E-state index contributed by atoms with van der Waals surface area (Å²) in [5.74, 6) is 0.870. The Morgan fingerprint density at radius 2 is 2.32 bits per heavy atom. The molecule has 0 bridgehead atoms. The third-order valence-corrected chi connectivity index (χ3v) is 5.18. The largest absolute Gasteiger partial charge is 0.312 e. The minimum Gasteiger partial charge on any atom is -0.312 e. The first-order chi connectivity index (χ1) is 9.28. The smallest absolute Gasteiger partial charge is 0.0346 e. The molecule has 19 heavy (non-hydrogen) atoms. The number of hydrogen-bond acceptors (Lipinski definition) is 2. The Balaban J connectivity index is 1.76. The number of nitrogens with one attached hydrogen (secondary N) is 1. The standard InChI is InChI=1S/C16H23BrN2/c1-2-16(12-5-3-7-14(17)9-12)19-10-13-6-4-8-18-15(13)11-19/h3,5,7,9,13,15-16,18H,2,4,6,8,10-11H2,1H3. The number of piperidine rings is 1. The second kappa shape index (κ2) is 5.94. The zero-order valence-corrected chi connectivity index (χ0v) is 13.2. The molecule has 0 radical (unpaired) electrons. The maximum absolute atomic E-state index is 3.70. The molecule has 0 spiro atoms. The lowest BCUT2D eigenvalue weighted by Crippen LogP contribution is -2.40. The molecule has 3 atom stereocenters. The third kappa shape index (κ3) is 2.88. The van der Waals surface area contributed by atoms with Crippen LogP contribution in [-0.2, 0) is 0 Å². The number of fused-ring (bicyclic) bond motifs is 1. The predicted molar refractivity (Wildman–Crippen MR) is 83.3 cm³/mol. The van der Waals surface area contributed by atoms with Gasteiger partial charge in [0.1, 0.15) is 0 Å². The van der Waals surface area contributed by atoms with Gasteiger partial charge in [-0.3, -0.25) is 4.90 Å². The summed E-state index contributed by atoms with van der Waals surface area (Å²) in [6.07, 6.45) is 3.95. The van der Waals surface area contributed by atoms with E-state index in [0.717, 1.165) is 12.0 Å². The minimum atomic E-state index is 0.574. The number of benzene rings is 1. The van der Waals surface area contributed by atoms with Crippen LogP contribution in [0.15, 0.2) is 28.7 Å². The Morgan fingerprint density at radius 1 is 1.42 bits per heavy atom. The number of nitrogens with zero attached hydrogens (tertiary/aromatic N) is 1. The average molecular weight is 323 g/mol. The van der Waals surface area contributed by atoms with Crippen LogP contribution >= 0.6 is 15.9 Å². The van der Waals surface area contributed by atoms with Crippen molar-refractivity contribution in [3.05, 3.63) is 34.3 Å². The van der Waals surface area contributed by atoms with Gasteiger partial charge in [-0.1, -0.05) is 35.0 Å². The van der Waals surface area contributed by atoms with Crippen molar-refractivity contribution in [2.45, 2.75) is 38.3 Å². The van der Waals surface area contributed by atoms with Gasteiger partial charge in [0.2, 0.25) is 0 Å². The zero-order chi connectivity index (χ0) is 13.2. The van der Waals surface area contributed by atoms with Crippen molar-refractivity contribution in [3.8, 4) is 0 Å². The fourth-order valence-corrected chi connectivity index (χ4v) is 4.17. The summed E-state index contributed by atoms with van der Waals surface area (Å²) in [6, 6.07) is 10.1. The van der Waals surface area contributed by atoms with E-state index in [1.807, 2.05) is 0 Å². The van der Waals surface area contributed by atoms with Crippen molar-refractivity contribution in [1.82, 2.24) is 10.2 Å². The first-order valence-electron chi connectivity index (χ1n) is 7.51. The van der Waals surface area contributed by atoms with Crippen LogP contribution in [-0.4, -0.2) is 30.6 Å². The number of hydrogen-bond donors (Lipinski definition) is 1. The molecule has 0 aromatic heterocycles. The van der Waals surface area contributed by atoms with Crippen LogP contribution in [0.3, 0.4) is 0 Å². The molecule has 1 N–H and O–H groups in total. The van der Waals surface area contributed by atoms with E-state index in [1.54, 1.807) is 0 Å². The van der Waals surface area contributed by atoms with Crippen molar-refractivity contribution >= 4 is 15.9 Å². The summed E-state index contributed by atoms with van der Waals surface area (Å²) in [6.45, 7) is 6.00. The van der Waals surface area contributed by atoms with Gasteiger partial charge in [-0.2, -0.15) is 0 Å². The molecule has 2 aliphatic heterocycles. The second-order valence-corrected chi connectivity index (χ2v) is 6.81. The van der Waals surface area contributed by atoms with Crippen LogP contribution in [0, 0.1) is 5.92 Å². The maximum atomic E-state index is 3.70. The highest BCUT2D eigenvalue weighted by atomic mass is 79.9. The number of rotatable bonds is 3. The fourth-order valence-electron chi connectivity index (χ4n) is 3.75. The van der Waals surface area contributed by atoms with E-state index in [9.17, 15) is 0 Å². The normalized spacial score (nSPS) is 29.2. The van der Waals surface area contributed by atoms with Crippen LogP contribution in [0.25, 0.3) is 0 Å². The van der Waals surface area contributed by atoms with Crippen molar-refractivity contribution in [2.24, 2.45) is 5.92 Å². The Morgan fingerprint density at radius 3 is 3.05 bits per heavy atom. The highest BCUT2D eigenvalue weighted by Gasteiger charge is 2.36. The highest BCUT2D eigenvalue weighted by Crippen LogP contribution is 2.34. The molecule has 2 saturated heterocycles. The molecule has 3 rings (SSSR count). The molecule has 2 heterocycles. The molecule has 0 saturated carbocycles. The Labute approximate surface area is 124 Å². The van der Waals surface area contributed by atoms with Gasteiger partial charge in [-0.25, -0.2) is 0 Å². The first kappa shape index (κ1) is 13.6. The lowest BCUT2D eigenvalue weighted by atomic mass is 9.94. The van der Waals surface area contributed by atoms with Crippen LogP contribution < -0.4 is 5.32 Å². The van der Waals surface area contributed by atoms with Crippen LogP contribution in [0.4, 0.5) is 0 Å². The van der Waals surface area contributed by atoms with E-state index in [-0.39, 0.29) is 0 Å². The van der Waals surface area contributed by atoms with Crippen molar-refractivity contribution < 1.29 is 0 Å². The van der Waals surface area contributed by atoms with Crippen molar-refractivity contribution in [3.63, 3.8) is 0 Å². The molecule has 0 amide bonds. The van der Waals surface area contributed by atoms with Crippen LogP contribution in [0.1, 0.15) is 37.8 Å². The van der Waals surface area contributed by atoms with E-state index in [4.69, 9.17) is 0 Å². The summed E-state index contributed by atoms with van der Waals surface area (Å²) in [5, 5.41) is 3.70. The predicted octanol–water partition coefficient (Wildman–Crippen LogP) is 3.58. The van der Waals surface area contributed by atoms with Crippen molar-refractivity contribution in [2.75, 3.05) is 19.6 Å². The van der Waals surface area contributed by atoms with Crippen LogP contribution in [0.5, 0.6) is 0 Å². The molecule has 0 aliphatic carbocycles. The molecule has 3 unspecified atom stereocenters. The third-order valence-electron chi connectivity index (χ3n) is 4.69. The lowest BCUT2D eigenvalue weighted by molar-refractivity contribution is 0.228. The monoisotopic (exact) mass is 322 g/mol. The highest BCUT2D eigenvalue weighted by molar-refractivity contribution is 9.10. The van der Waals surface area contributed by atoms with E-state index in [2.05, 4.69) is 57.3 Å². The molecule has 2 aliphatic rings. The maximum Gasteiger partial charge on any atom is 0.0346 e. The first-order valence-corrected chi connectivity index (χ1v) is 8.30. The van der Waals surface area contributed by atoms with Gasteiger partial charge < -0.3 is 5.32 Å². The summed E-state index contributed by atoms with van der Waals surface area (Å²) >= 11 is 3.60. The van der Waals surface area contributed by atoms with E-state index < -0.39 is 0 Å². The Kier molecular flexibility index (Phi) is 4.25. The second-order valence-electron chi connectivity index (χ2n) is 5.90. The quantitative estimate of drug-likeness (QED) is 0.915. The van der Waals surface area contributed by atoms with E-state index >= 15 is 0 Å². The van der Waals surface area contributed by atoms with Gasteiger partial charge in [0.15, 0.2) is 0 Å². The van der Waals surface area contributed by atoms with Gasteiger partial charge in [-0.05, 0) is 49.4 Å². The molecule has 104 valence electrons. The Bertz CT molecular complexity index is 421. The molecular formula is C16H23BrN2. The molecule has 2 fully saturated rings. The van der Waals surface area contributed by atoms with Gasteiger partial charge in [0, 0.05) is 29.6 Å². The SMILES string of the molecule is CCC(c1cccc(Br)c1)N1CC2CCCNC2C1. The topological polar surface area (TPSA) is 15.3 Å². The molecule has 1 aromatic rings. The minimum absolute atomic E-state index is 0.574. The molecule has 2 nitrogen and oxygen atoms in total. The summed E-state index contributed by atoms with van der Waals surface area (Å²) < 4.78 is 1.19. The van der Waals surface area contributed by atoms with Crippen LogP contribution in [0.2, 0.25) is 0 Å². The molecule has 1 aromatic carbocycles. The number of halogens is 1. The molecule has 3 heteroatoms. The van der Waals surface area contributed by atoms with E-state index in [1.165, 1.54) is 48.9 Å². The van der Waals surface area contributed by atoms with Gasteiger partial charge in [-0.15, -0.1) is 0 Å².